The topological polar surface area (TPSA) is 102 Å². The molecule has 9 heteroatoms. The number of nitrogens with zero attached hydrogens (tertiary/aromatic N) is 1. The van der Waals surface area contributed by atoms with E-state index in [9.17, 15) is 18.3 Å². The molecule has 2 aliphatic rings. The van der Waals surface area contributed by atoms with E-state index >= 15 is 0 Å². The van der Waals surface area contributed by atoms with Crippen LogP contribution in [0.1, 0.15) is 99.0 Å². The van der Waals surface area contributed by atoms with Crippen molar-refractivity contribution in [3.8, 4) is 0 Å². The van der Waals surface area contributed by atoms with Crippen molar-refractivity contribution < 1.29 is 32.0 Å². The monoisotopic (exact) mass is 581 g/mol. The fraction of sp³-hybridized carbons (Fsp3) is 0.774. The Morgan fingerprint density at radius 3 is 2.27 bits per heavy atom. The Labute approximate surface area is 241 Å². The van der Waals surface area contributed by atoms with Crippen LogP contribution in [0, 0.1) is 24.7 Å². The van der Waals surface area contributed by atoms with Crippen molar-refractivity contribution in [1.82, 2.24) is 4.90 Å². The molecule has 1 aromatic carbocycles. The molecular weight excluding hydrogens is 530 g/mol. The Bertz CT molecular complexity index is 1070. The van der Waals surface area contributed by atoms with Crippen LogP contribution in [0.4, 0.5) is 4.79 Å². The summed E-state index contributed by atoms with van der Waals surface area (Å²) in [5, 5.41) is 11.8. The second kappa shape index (κ2) is 13.1. The molecule has 40 heavy (non-hydrogen) atoms. The van der Waals surface area contributed by atoms with Crippen LogP contribution in [0.15, 0.2) is 29.2 Å². The molecule has 1 N–H and O–H groups in total. The third-order valence-electron chi connectivity index (χ3n) is 7.95. The molecule has 3 rings (SSSR count). The van der Waals surface area contributed by atoms with E-state index in [0.717, 1.165) is 31.2 Å². The van der Waals surface area contributed by atoms with Gasteiger partial charge in [-0.25, -0.2) is 4.79 Å². The lowest BCUT2D eigenvalue weighted by molar-refractivity contribution is -0.117. The summed E-state index contributed by atoms with van der Waals surface area (Å²) in [6, 6.07) is 6.10. The number of aliphatic hydroxyl groups is 1. The highest BCUT2D eigenvalue weighted by Crippen LogP contribution is 2.42. The maximum absolute atomic E-state index is 13.5. The molecular formula is C31H51NO7S. The third-order valence-corrected chi connectivity index (χ3v) is 9.24. The number of benzene rings is 1. The van der Waals surface area contributed by atoms with E-state index in [1.807, 2.05) is 55.4 Å². The number of hydrogen-bond donors (Lipinski definition) is 1. The predicted octanol–water partition coefficient (Wildman–Crippen LogP) is 6.43. The standard InChI is InChI=1S/C31H51NO7S/c1-21(2)18-24(20-37-40(35,36)25-16-14-22(3)15-17-25)27(33)28-26(19-23-12-10-9-11-13-23)32(31(7,8)38-28)29(34)39-30(4,5)6/h14-17,21,23-24,26-28,33H,9-13,18-20H2,1-8H3/t24-,26-,27-,28+/m0/s1. The molecule has 8 nitrogen and oxygen atoms in total. The van der Waals surface area contributed by atoms with Crippen LogP contribution in [0.5, 0.6) is 0 Å². The summed E-state index contributed by atoms with van der Waals surface area (Å²) in [4.78, 5) is 15.3. The van der Waals surface area contributed by atoms with E-state index in [4.69, 9.17) is 13.7 Å². The minimum Gasteiger partial charge on any atom is -0.444 e. The van der Waals surface area contributed by atoms with Gasteiger partial charge >= 0.3 is 6.09 Å². The zero-order valence-corrected chi connectivity index (χ0v) is 26.5. The molecule has 1 heterocycles. The van der Waals surface area contributed by atoms with Crippen LogP contribution in [-0.2, 0) is 23.8 Å². The Morgan fingerprint density at radius 1 is 1.12 bits per heavy atom. The van der Waals surface area contributed by atoms with Gasteiger partial charge in [0, 0.05) is 5.92 Å². The molecule has 0 bridgehead atoms. The van der Waals surface area contributed by atoms with E-state index in [-0.39, 0.29) is 17.4 Å². The van der Waals surface area contributed by atoms with Crippen molar-refractivity contribution in [1.29, 1.82) is 0 Å². The second-order valence-electron chi connectivity index (χ2n) is 13.6. The SMILES string of the molecule is Cc1ccc(S(=O)(=O)OC[C@H](CC(C)C)[C@H](O)[C@@H]2OC(C)(C)N(C(=O)OC(C)(C)C)[C@H]2CC2CCCCC2)cc1. The molecule has 1 aliphatic carbocycles. The van der Waals surface area contributed by atoms with Gasteiger partial charge in [0.25, 0.3) is 10.1 Å². The van der Waals surface area contributed by atoms with E-state index in [1.165, 1.54) is 18.6 Å². The summed E-state index contributed by atoms with van der Waals surface area (Å²) in [5.41, 5.74) is -0.742. The fourth-order valence-corrected chi connectivity index (χ4v) is 7.07. The molecule has 228 valence electrons. The summed E-state index contributed by atoms with van der Waals surface area (Å²) in [5.74, 6) is 0.0737. The minimum atomic E-state index is -4.00. The molecule has 2 fully saturated rings. The first-order chi connectivity index (χ1) is 18.5. The molecule has 0 aromatic heterocycles. The molecule has 1 saturated carbocycles. The van der Waals surface area contributed by atoms with E-state index in [1.54, 1.807) is 17.0 Å². The normalized spacial score (nSPS) is 23.8. The lowest BCUT2D eigenvalue weighted by atomic mass is 9.80. The maximum Gasteiger partial charge on any atom is 0.412 e. The van der Waals surface area contributed by atoms with Gasteiger partial charge in [0.05, 0.1) is 23.6 Å². The van der Waals surface area contributed by atoms with E-state index in [0.29, 0.717) is 18.8 Å². The van der Waals surface area contributed by atoms with Crippen molar-refractivity contribution in [2.75, 3.05) is 6.61 Å². The minimum absolute atomic E-state index is 0.0837. The van der Waals surface area contributed by atoms with Gasteiger partial charge in [-0.2, -0.15) is 8.42 Å². The predicted molar refractivity (Wildman–Crippen MR) is 155 cm³/mol. The first kappa shape index (κ1) is 32.8. The first-order valence-electron chi connectivity index (χ1n) is 14.8. The van der Waals surface area contributed by atoms with E-state index in [2.05, 4.69) is 0 Å². The highest BCUT2D eigenvalue weighted by Gasteiger charge is 2.54. The van der Waals surface area contributed by atoms with Crippen molar-refractivity contribution >= 4 is 16.2 Å². The molecule has 4 atom stereocenters. The van der Waals surface area contributed by atoms with Gasteiger partial charge in [0.2, 0.25) is 0 Å². The largest absolute Gasteiger partial charge is 0.444 e. The smallest absolute Gasteiger partial charge is 0.412 e. The molecule has 0 unspecified atom stereocenters. The van der Waals surface area contributed by atoms with Crippen LogP contribution in [0.25, 0.3) is 0 Å². The van der Waals surface area contributed by atoms with Crippen molar-refractivity contribution in [2.45, 2.75) is 135 Å². The Morgan fingerprint density at radius 2 is 1.73 bits per heavy atom. The van der Waals surface area contributed by atoms with Crippen molar-refractivity contribution in [3.63, 3.8) is 0 Å². The summed E-state index contributed by atoms with van der Waals surface area (Å²) >= 11 is 0. The second-order valence-corrected chi connectivity index (χ2v) is 15.2. The van der Waals surface area contributed by atoms with E-state index < -0.39 is 51.7 Å². The Hall–Kier alpha value is -1.68. The number of carbonyl (C=O) groups is 1. The van der Waals surface area contributed by atoms with Gasteiger partial charge in [0.15, 0.2) is 0 Å². The number of carbonyl (C=O) groups excluding carboxylic acids is 1. The highest BCUT2D eigenvalue weighted by atomic mass is 32.2. The fourth-order valence-electron chi connectivity index (χ4n) is 6.11. The zero-order chi connectivity index (χ0) is 29.9. The summed E-state index contributed by atoms with van der Waals surface area (Å²) in [6.07, 6.45) is 4.69. The number of aliphatic hydroxyl groups excluding tert-OH is 1. The van der Waals surface area contributed by atoms with Crippen molar-refractivity contribution in [2.24, 2.45) is 17.8 Å². The van der Waals surface area contributed by atoms with Crippen LogP contribution in [0.3, 0.4) is 0 Å². The molecule has 1 saturated heterocycles. The lowest BCUT2D eigenvalue weighted by Crippen LogP contribution is -2.52. The molecule has 0 spiro atoms. The molecule has 1 amide bonds. The zero-order valence-electron chi connectivity index (χ0n) is 25.7. The lowest BCUT2D eigenvalue weighted by Gasteiger charge is -2.37. The number of hydrogen-bond acceptors (Lipinski definition) is 7. The molecule has 1 aromatic rings. The van der Waals surface area contributed by atoms with Gasteiger partial charge in [-0.15, -0.1) is 0 Å². The van der Waals surface area contributed by atoms with Crippen molar-refractivity contribution in [3.05, 3.63) is 29.8 Å². The quantitative estimate of drug-likeness (QED) is 0.318. The molecule has 1 aliphatic heterocycles. The van der Waals surface area contributed by atoms with Gasteiger partial charge in [-0.05, 0) is 78.4 Å². The number of rotatable bonds is 10. The summed E-state index contributed by atoms with van der Waals surface area (Å²) in [7, 11) is -4.00. The number of aryl methyl sites for hydroxylation is 1. The van der Waals surface area contributed by atoms with Gasteiger partial charge in [-0.3, -0.25) is 9.08 Å². The summed E-state index contributed by atoms with van der Waals surface area (Å²) < 4.78 is 43.8. The van der Waals surface area contributed by atoms with Gasteiger partial charge in [-0.1, -0.05) is 63.6 Å². The number of amides is 1. The first-order valence-corrected chi connectivity index (χ1v) is 16.3. The average Bonchev–Trinajstić information content (AvgIpc) is 3.10. The van der Waals surface area contributed by atoms with Gasteiger partial charge < -0.3 is 14.6 Å². The van der Waals surface area contributed by atoms with Crippen LogP contribution in [-0.4, -0.2) is 60.7 Å². The average molecular weight is 582 g/mol. The van der Waals surface area contributed by atoms with Crippen LogP contribution in [0.2, 0.25) is 0 Å². The third kappa shape index (κ3) is 8.66. The molecule has 0 radical (unpaired) electrons. The summed E-state index contributed by atoms with van der Waals surface area (Å²) in [6.45, 7) is 14.9. The Balaban J connectivity index is 1.88. The van der Waals surface area contributed by atoms with Gasteiger partial charge in [0.1, 0.15) is 17.4 Å². The number of ether oxygens (including phenoxy) is 2. The maximum atomic E-state index is 13.5. The highest BCUT2D eigenvalue weighted by molar-refractivity contribution is 7.86. The van der Waals surface area contributed by atoms with Crippen LogP contribution >= 0.6 is 0 Å². The Kier molecular flexibility index (Phi) is 10.7. The van der Waals surface area contributed by atoms with Crippen LogP contribution < -0.4 is 0 Å².